The molecule has 1 aromatic heterocycles. The summed E-state index contributed by atoms with van der Waals surface area (Å²) in [6, 6.07) is 6.22. The summed E-state index contributed by atoms with van der Waals surface area (Å²) in [7, 11) is 0. The number of nitrogens with zero attached hydrogens (tertiary/aromatic N) is 1. The van der Waals surface area contributed by atoms with E-state index in [1.54, 1.807) is 0 Å². The van der Waals surface area contributed by atoms with Gasteiger partial charge in [0.2, 0.25) is 5.89 Å². The van der Waals surface area contributed by atoms with Gasteiger partial charge in [-0.2, -0.15) is 0 Å². The van der Waals surface area contributed by atoms with Crippen LogP contribution in [0.5, 0.6) is 0 Å². The zero-order valence-corrected chi connectivity index (χ0v) is 11.8. The van der Waals surface area contributed by atoms with Crippen molar-refractivity contribution in [1.29, 1.82) is 0 Å². The van der Waals surface area contributed by atoms with Crippen LogP contribution in [0.1, 0.15) is 51.0 Å². The van der Waals surface area contributed by atoms with Crippen LogP contribution < -0.4 is 5.73 Å². The van der Waals surface area contributed by atoms with Crippen LogP contribution in [-0.4, -0.2) is 4.98 Å². The highest BCUT2D eigenvalue weighted by atomic mass is 16.4. The summed E-state index contributed by atoms with van der Waals surface area (Å²) in [4.78, 5) is 4.66. The number of hydrogen-bond donors (Lipinski definition) is 1. The fraction of sp³-hybridized carbons (Fsp3) is 0.562. The van der Waals surface area contributed by atoms with E-state index in [4.69, 9.17) is 10.2 Å². The summed E-state index contributed by atoms with van der Waals surface area (Å²) in [6.07, 6.45) is 5.39. The van der Waals surface area contributed by atoms with E-state index >= 15 is 0 Å². The van der Waals surface area contributed by atoms with E-state index in [0.29, 0.717) is 5.92 Å². The van der Waals surface area contributed by atoms with E-state index in [1.165, 1.54) is 12.0 Å². The third kappa shape index (κ3) is 2.27. The lowest BCUT2D eigenvalue weighted by atomic mass is 9.77. The van der Waals surface area contributed by atoms with Gasteiger partial charge in [0, 0.05) is 0 Å². The van der Waals surface area contributed by atoms with Crippen LogP contribution in [0.2, 0.25) is 0 Å². The average molecular weight is 258 g/mol. The van der Waals surface area contributed by atoms with Crippen LogP contribution in [0, 0.1) is 5.92 Å². The Bertz CT molecular complexity index is 589. The van der Waals surface area contributed by atoms with Gasteiger partial charge in [0.05, 0.1) is 5.54 Å². The summed E-state index contributed by atoms with van der Waals surface area (Å²) in [5, 5.41) is 0. The smallest absolute Gasteiger partial charge is 0.215 e. The van der Waals surface area contributed by atoms with E-state index < -0.39 is 0 Å². The molecular formula is C16H22N2O. The molecule has 19 heavy (non-hydrogen) atoms. The van der Waals surface area contributed by atoms with Gasteiger partial charge in [0.15, 0.2) is 5.58 Å². The summed E-state index contributed by atoms with van der Waals surface area (Å²) in [5.74, 6) is 1.38. The van der Waals surface area contributed by atoms with Gasteiger partial charge < -0.3 is 10.2 Å². The SMILES string of the molecule is CCc1ccc2oc(C3(N)CCCC(C)C3)nc2c1. The quantitative estimate of drug-likeness (QED) is 0.892. The third-order valence-corrected chi connectivity index (χ3v) is 4.32. The molecule has 3 nitrogen and oxygen atoms in total. The van der Waals surface area contributed by atoms with E-state index in [1.807, 2.05) is 6.07 Å². The van der Waals surface area contributed by atoms with E-state index in [2.05, 4.69) is 31.0 Å². The fourth-order valence-corrected chi connectivity index (χ4v) is 3.19. The highest BCUT2D eigenvalue weighted by molar-refractivity contribution is 5.73. The third-order valence-electron chi connectivity index (χ3n) is 4.32. The molecule has 0 saturated heterocycles. The molecule has 1 fully saturated rings. The van der Waals surface area contributed by atoms with Crippen molar-refractivity contribution in [3.63, 3.8) is 0 Å². The second-order valence-electron chi connectivity index (χ2n) is 6.03. The summed E-state index contributed by atoms with van der Waals surface area (Å²) in [6.45, 7) is 4.41. The van der Waals surface area contributed by atoms with Gasteiger partial charge in [-0.25, -0.2) is 4.98 Å². The molecule has 0 amide bonds. The Balaban J connectivity index is 2.00. The molecule has 1 saturated carbocycles. The molecule has 0 aliphatic heterocycles. The molecule has 0 bridgehead atoms. The highest BCUT2D eigenvalue weighted by Gasteiger charge is 2.37. The predicted molar refractivity (Wildman–Crippen MR) is 76.9 cm³/mol. The molecule has 2 atom stereocenters. The molecule has 1 heterocycles. The maximum Gasteiger partial charge on any atom is 0.215 e. The Kier molecular flexibility index (Phi) is 3.09. The molecule has 1 aromatic carbocycles. The molecule has 0 spiro atoms. The van der Waals surface area contributed by atoms with Crippen molar-refractivity contribution in [2.24, 2.45) is 11.7 Å². The Morgan fingerprint density at radius 3 is 3.05 bits per heavy atom. The monoisotopic (exact) mass is 258 g/mol. The maximum absolute atomic E-state index is 6.55. The average Bonchev–Trinajstić information content (AvgIpc) is 2.81. The lowest BCUT2D eigenvalue weighted by Crippen LogP contribution is -2.41. The number of aryl methyl sites for hydroxylation is 1. The normalized spacial score (nSPS) is 27.8. The van der Waals surface area contributed by atoms with E-state index in [0.717, 1.165) is 42.7 Å². The molecule has 2 unspecified atom stereocenters. The second kappa shape index (κ2) is 4.64. The standard InChI is InChI=1S/C16H22N2O/c1-3-12-6-7-14-13(9-12)18-15(19-14)16(17)8-4-5-11(2)10-16/h6-7,9,11H,3-5,8,10,17H2,1-2H3. The minimum atomic E-state index is -0.372. The zero-order valence-electron chi connectivity index (χ0n) is 11.8. The summed E-state index contributed by atoms with van der Waals surface area (Å²) < 4.78 is 5.92. The van der Waals surface area contributed by atoms with Gasteiger partial charge in [-0.3, -0.25) is 0 Å². The first-order valence-corrected chi connectivity index (χ1v) is 7.29. The van der Waals surface area contributed by atoms with Crippen LogP contribution in [-0.2, 0) is 12.0 Å². The van der Waals surface area contributed by atoms with Gasteiger partial charge in [-0.1, -0.05) is 32.8 Å². The first-order valence-electron chi connectivity index (χ1n) is 7.29. The molecule has 2 N–H and O–H groups in total. The number of hydrogen-bond acceptors (Lipinski definition) is 3. The first-order chi connectivity index (χ1) is 9.10. The number of benzene rings is 1. The first kappa shape index (κ1) is 12.7. The fourth-order valence-electron chi connectivity index (χ4n) is 3.19. The Labute approximate surface area is 114 Å². The molecule has 1 aliphatic carbocycles. The van der Waals surface area contributed by atoms with E-state index in [9.17, 15) is 0 Å². The number of nitrogens with two attached hydrogens (primary N) is 1. The van der Waals surface area contributed by atoms with Crippen LogP contribution in [0.3, 0.4) is 0 Å². The van der Waals surface area contributed by atoms with E-state index in [-0.39, 0.29) is 5.54 Å². The summed E-state index contributed by atoms with van der Waals surface area (Å²) in [5.41, 5.74) is 9.26. The van der Waals surface area contributed by atoms with Crippen LogP contribution in [0.15, 0.2) is 22.6 Å². The number of oxazole rings is 1. The van der Waals surface area contributed by atoms with Gasteiger partial charge in [0.25, 0.3) is 0 Å². The number of aromatic nitrogens is 1. The van der Waals surface area contributed by atoms with Crippen LogP contribution in [0.25, 0.3) is 11.1 Å². The number of rotatable bonds is 2. The van der Waals surface area contributed by atoms with Crippen molar-refractivity contribution in [2.45, 2.75) is 51.5 Å². The van der Waals surface area contributed by atoms with Crippen LogP contribution >= 0.6 is 0 Å². The molecule has 1 aliphatic rings. The zero-order chi connectivity index (χ0) is 13.5. The minimum Gasteiger partial charge on any atom is -0.439 e. The van der Waals surface area contributed by atoms with Crippen molar-refractivity contribution >= 4 is 11.1 Å². The molecule has 3 heteroatoms. The second-order valence-corrected chi connectivity index (χ2v) is 6.03. The van der Waals surface area contributed by atoms with Gasteiger partial charge in [-0.15, -0.1) is 0 Å². The van der Waals surface area contributed by atoms with Gasteiger partial charge in [-0.05, 0) is 42.9 Å². The van der Waals surface area contributed by atoms with Crippen molar-refractivity contribution in [1.82, 2.24) is 4.98 Å². The van der Waals surface area contributed by atoms with Crippen molar-refractivity contribution in [2.75, 3.05) is 0 Å². The Hall–Kier alpha value is -1.35. The molecule has 3 rings (SSSR count). The lowest BCUT2D eigenvalue weighted by Gasteiger charge is -2.33. The summed E-state index contributed by atoms with van der Waals surface area (Å²) >= 11 is 0. The Morgan fingerprint density at radius 1 is 1.47 bits per heavy atom. The molecule has 102 valence electrons. The van der Waals surface area contributed by atoms with Crippen molar-refractivity contribution in [3.05, 3.63) is 29.7 Å². The Morgan fingerprint density at radius 2 is 2.32 bits per heavy atom. The topological polar surface area (TPSA) is 52.0 Å². The molecule has 2 aromatic rings. The van der Waals surface area contributed by atoms with Gasteiger partial charge in [0.1, 0.15) is 5.52 Å². The number of fused-ring (bicyclic) bond motifs is 1. The lowest BCUT2D eigenvalue weighted by molar-refractivity contribution is 0.201. The largest absolute Gasteiger partial charge is 0.439 e. The maximum atomic E-state index is 6.55. The highest BCUT2D eigenvalue weighted by Crippen LogP contribution is 2.38. The van der Waals surface area contributed by atoms with Crippen molar-refractivity contribution in [3.8, 4) is 0 Å². The predicted octanol–water partition coefficient (Wildman–Crippen LogP) is 3.75. The minimum absolute atomic E-state index is 0.372. The molecular weight excluding hydrogens is 236 g/mol. The van der Waals surface area contributed by atoms with Crippen molar-refractivity contribution < 1.29 is 4.42 Å². The van der Waals surface area contributed by atoms with Crippen LogP contribution in [0.4, 0.5) is 0 Å². The molecule has 0 radical (unpaired) electrons. The van der Waals surface area contributed by atoms with Gasteiger partial charge >= 0.3 is 0 Å².